The number of nitrogens with one attached hydrogen (secondary N) is 1. The maximum atomic E-state index is 7.26. The quantitative estimate of drug-likeness (QED) is 0.466. The van der Waals surface area contributed by atoms with Gasteiger partial charge in [0.1, 0.15) is 0 Å². The summed E-state index contributed by atoms with van der Waals surface area (Å²) in [4.78, 5) is 0. The van der Waals surface area contributed by atoms with Crippen molar-refractivity contribution in [1.82, 2.24) is 5.73 Å². The monoisotopic (exact) mass is 116 g/mol. The van der Waals surface area contributed by atoms with Gasteiger partial charge in [-0.3, -0.25) is 5.73 Å². The van der Waals surface area contributed by atoms with Crippen LogP contribution in [0.4, 0.5) is 0 Å². The number of rotatable bonds is 0. The van der Waals surface area contributed by atoms with Crippen molar-refractivity contribution in [1.29, 1.82) is 0 Å². The molecule has 0 aliphatic carbocycles. The third-order valence-corrected chi connectivity index (χ3v) is 2.27. The maximum Gasteiger partial charge on any atom is 0.0228 e. The smallest absolute Gasteiger partial charge is 0.0228 e. The summed E-state index contributed by atoms with van der Waals surface area (Å²) in [6.07, 6.45) is 2.23. The minimum Gasteiger partial charge on any atom is -0.254 e. The van der Waals surface area contributed by atoms with Crippen molar-refractivity contribution in [3.8, 4) is 0 Å². The minimum atomic E-state index is 0.265. The lowest BCUT2D eigenvalue weighted by Gasteiger charge is -2.14. The number of hydrogen-bond acceptors (Lipinski definition) is 1. The Morgan fingerprint density at radius 1 is 1.29 bits per heavy atom. The van der Waals surface area contributed by atoms with Crippen molar-refractivity contribution in [2.75, 3.05) is 11.5 Å². The lowest BCUT2D eigenvalue weighted by atomic mass is 10.2. The third kappa shape index (κ3) is 1.70. The molecule has 7 heavy (non-hydrogen) atoms. The maximum absolute atomic E-state index is 7.26. The van der Waals surface area contributed by atoms with Crippen LogP contribution in [0.2, 0.25) is 0 Å². The zero-order valence-corrected chi connectivity index (χ0v) is 5.13. The van der Waals surface area contributed by atoms with E-state index in [9.17, 15) is 0 Å². The van der Waals surface area contributed by atoms with Crippen molar-refractivity contribution < 1.29 is 0 Å². The summed E-state index contributed by atoms with van der Waals surface area (Å²) in [5, 5.41) is 0. The number of thioether (sulfide) groups is 1. The average molecular weight is 116 g/mol. The molecule has 1 heterocycles. The molecule has 1 aliphatic rings. The highest BCUT2D eigenvalue weighted by Gasteiger charge is 2.07. The molecular weight excluding hydrogens is 106 g/mol. The molecule has 1 fully saturated rings. The van der Waals surface area contributed by atoms with Gasteiger partial charge in [0, 0.05) is 6.04 Å². The van der Waals surface area contributed by atoms with Crippen LogP contribution in [0.3, 0.4) is 0 Å². The van der Waals surface area contributed by atoms with E-state index in [1.165, 1.54) is 11.5 Å². The van der Waals surface area contributed by atoms with Gasteiger partial charge in [-0.25, -0.2) is 0 Å². The van der Waals surface area contributed by atoms with Crippen LogP contribution >= 0.6 is 11.8 Å². The van der Waals surface area contributed by atoms with Crippen LogP contribution in [0.25, 0.3) is 0 Å². The van der Waals surface area contributed by atoms with E-state index in [0.717, 1.165) is 12.8 Å². The summed E-state index contributed by atoms with van der Waals surface area (Å²) >= 11 is 1.98. The van der Waals surface area contributed by atoms with Crippen molar-refractivity contribution >= 4 is 11.8 Å². The molecule has 0 aromatic heterocycles. The molecule has 0 aromatic carbocycles. The van der Waals surface area contributed by atoms with Gasteiger partial charge in [-0.05, 0) is 24.3 Å². The summed E-state index contributed by atoms with van der Waals surface area (Å²) in [5.41, 5.74) is 7.26. The molecule has 0 bridgehead atoms. The molecule has 0 spiro atoms. The fourth-order valence-electron chi connectivity index (χ4n) is 0.698. The highest BCUT2D eigenvalue weighted by atomic mass is 32.2. The Balaban J connectivity index is 2.12. The fourth-order valence-corrected chi connectivity index (χ4v) is 1.80. The second-order valence-corrected chi connectivity index (χ2v) is 3.11. The molecule has 1 nitrogen and oxygen atoms in total. The molecule has 0 aromatic rings. The third-order valence-electron chi connectivity index (χ3n) is 1.22. The summed E-state index contributed by atoms with van der Waals surface area (Å²) in [6, 6.07) is 0.265. The van der Waals surface area contributed by atoms with Gasteiger partial charge in [0.15, 0.2) is 0 Å². The summed E-state index contributed by atoms with van der Waals surface area (Å²) < 4.78 is 0. The van der Waals surface area contributed by atoms with Crippen molar-refractivity contribution in [3.63, 3.8) is 0 Å². The molecule has 2 heteroatoms. The predicted molar refractivity (Wildman–Crippen MR) is 33.4 cm³/mol. The van der Waals surface area contributed by atoms with Gasteiger partial charge in [-0.2, -0.15) is 11.8 Å². The highest BCUT2D eigenvalue weighted by molar-refractivity contribution is 7.99. The van der Waals surface area contributed by atoms with Gasteiger partial charge in [0.25, 0.3) is 0 Å². The Morgan fingerprint density at radius 2 is 1.86 bits per heavy atom. The molecule has 1 N–H and O–H groups in total. The summed E-state index contributed by atoms with van der Waals surface area (Å²) in [6.45, 7) is 0. The Hall–Kier alpha value is 0.310. The van der Waals surface area contributed by atoms with Crippen LogP contribution in [-0.4, -0.2) is 17.5 Å². The molecule has 41 valence electrons. The highest BCUT2D eigenvalue weighted by Crippen LogP contribution is 2.15. The van der Waals surface area contributed by atoms with Gasteiger partial charge in [0.2, 0.25) is 0 Å². The molecule has 1 aliphatic heterocycles. The zero-order valence-electron chi connectivity index (χ0n) is 4.31. The molecule has 0 amide bonds. The van der Waals surface area contributed by atoms with Crippen molar-refractivity contribution in [2.45, 2.75) is 18.9 Å². The van der Waals surface area contributed by atoms with E-state index in [4.69, 9.17) is 5.73 Å². The predicted octanol–water partition coefficient (Wildman–Crippen LogP) is 1.16. The second-order valence-electron chi connectivity index (χ2n) is 1.89. The molecule has 0 saturated carbocycles. The van der Waals surface area contributed by atoms with Crippen LogP contribution in [0, 0.1) is 0 Å². The second kappa shape index (κ2) is 2.58. The van der Waals surface area contributed by atoms with Crippen LogP contribution in [0.15, 0.2) is 0 Å². The van der Waals surface area contributed by atoms with E-state index in [1.807, 2.05) is 11.8 Å². The van der Waals surface area contributed by atoms with E-state index in [2.05, 4.69) is 0 Å². The SMILES string of the molecule is [NH]C1CCSCC1. The van der Waals surface area contributed by atoms with Gasteiger partial charge >= 0.3 is 0 Å². The Bertz CT molecular complexity index is 50.0. The first kappa shape index (κ1) is 5.45. The first-order valence-electron chi connectivity index (χ1n) is 2.68. The van der Waals surface area contributed by atoms with Crippen LogP contribution in [-0.2, 0) is 0 Å². The first-order valence-corrected chi connectivity index (χ1v) is 3.84. The minimum absolute atomic E-state index is 0.265. The lowest BCUT2D eigenvalue weighted by molar-refractivity contribution is 0.607. The molecule has 1 radical (unpaired) electrons. The van der Waals surface area contributed by atoms with Crippen molar-refractivity contribution in [2.24, 2.45) is 0 Å². The van der Waals surface area contributed by atoms with E-state index in [-0.39, 0.29) is 6.04 Å². The van der Waals surface area contributed by atoms with E-state index in [1.54, 1.807) is 0 Å². The zero-order chi connectivity index (χ0) is 5.11. The number of hydrogen-bond donors (Lipinski definition) is 0. The molecule has 0 atom stereocenters. The van der Waals surface area contributed by atoms with Crippen LogP contribution < -0.4 is 5.73 Å². The van der Waals surface area contributed by atoms with E-state index < -0.39 is 0 Å². The van der Waals surface area contributed by atoms with Gasteiger partial charge < -0.3 is 0 Å². The Labute approximate surface area is 48.7 Å². The standard InChI is InChI=1S/C5H10NS/c6-5-1-3-7-4-2-5/h5-6H,1-4H2. The summed E-state index contributed by atoms with van der Waals surface area (Å²) in [5.74, 6) is 2.43. The molecule has 1 rings (SSSR count). The summed E-state index contributed by atoms with van der Waals surface area (Å²) in [7, 11) is 0. The van der Waals surface area contributed by atoms with Crippen molar-refractivity contribution in [3.05, 3.63) is 0 Å². The van der Waals surface area contributed by atoms with E-state index >= 15 is 0 Å². The fraction of sp³-hybridized carbons (Fsp3) is 1.00. The molecular formula is C5H10NS. The average Bonchev–Trinajstić information content (AvgIpc) is 1.69. The largest absolute Gasteiger partial charge is 0.254 e. The van der Waals surface area contributed by atoms with Gasteiger partial charge in [-0.15, -0.1) is 0 Å². The Morgan fingerprint density at radius 3 is 2.14 bits per heavy atom. The van der Waals surface area contributed by atoms with Gasteiger partial charge in [-0.1, -0.05) is 0 Å². The Kier molecular flexibility index (Phi) is 2.00. The topological polar surface area (TPSA) is 23.8 Å². The molecule has 0 unspecified atom stereocenters. The molecule has 1 saturated heterocycles. The van der Waals surface area contributed by atoms with Gasteiger partial charge in [0.05, 0.1) is 0 Å². The normalized spacial score (nSPS) is 25.3. The van der Waals surface area contributed by atoms with E-state index in [0.29, 0.717) is 0 Å². The first-order chi connectivity index (χ1) is 3.39. The van der Waals surface area contributed by atoms with Crippen LogP contribution in [0.1, 0.15) is 12.8 Å². The van der Waals surface area contributed by atoms with Crippen LogP contribution in [0.5, 0.6) is 0 Å². The lowest BCUT2D eigenvalue weighted by Crippen LogP contribution is -2.15.